The van der Waals surface area contributed by atoms with Crippen molar-refractivity contribution in [3.05, 3.63) is 68.6 Å². The van der Waals surface area contributed by atoms with Crippen molar-refractivity contribution < 1.29 is 37.7 Å². The zero-order valence-corrected chi connectivity index (χ0v) is 25.0. The van der Waals surface area contributed by atoms with Crippen molar-refractivity contribution in [2.45, 2.75) is 44.5 Å². The van der Waals surface area contributed by atoms with Crippen LogP contribution >= 0.6 is 46.4 Å². The van der Waals surface area contributed by atoms with E-state index in [1.54, 1.807) is 0 Å². The van der Waals surface area contributed by atoms with Crippen molar-refractivity contribution in [1.82, 2.24) is 5.32 Å². The SMILES string of the molecule is O=C(Nc1cc(Cl)cc(Cl)c1O)NC1CCCCC1.O=C(Nc1ccc(OC(F)(F)F)cc1)Nc1cc(Cl)cc(Cl)c1O. The molecule has 0 radical (unpaired) electrons. The van der Waals surface area contributed by atoms with Crippen LogP contribution in [0.1, 0.15) is 32.1 Å². The van der Waals surface area contributed by atoms with Gasteiger partial charge < -0.3 is 36.2 Å². The van der Waals surface area contributed by atoms with Gasteiger partial charge >= 0.3 is 18.4 Å². The molecule has 16 heteroatoms. The first kappa shape index (κ1) is 34.0. The maximum absolute atomic E-state index is 12.1. The molecule has 4 rings (SSSR count). The van der Waals surface area contributed by atoms with Crippen molar-refractivity contribution >= 4 is 75.5 Å². The molecule has 0 heterocycles. The number of nitrogens with one attached hydrogen (secondary N) is 4. The number of carbonyl (C=O) groups excluding carboxylic acids is 2. The third-order valence-corrected chi connectivity index (χ3v) is 6.85. The fourth-order valence-corrected chi connectivity index (χ4v) is 4.92. The number of ether oxygens (including phenoxy) is 1. The number of benzene rings is 3. The highest BCUT2D eigenvalue weighted by Gasteiger charge is 2.31. The van der Waals surface area contributed by atoms with Gasteiger partial charge in [0.1, 0.15) is 5.75 Å². The molecule has 0 saturated heterocycles. The van der Waals surface area contributed by atoms with E-state index in [9.17, 15) is 33.0 Å². The molecule has 0 spiro atoms. The van der Waals surface area contributed by atoms with Gasteiger partial charge in [0.15, 0.2) is 11.5 Å². The first-order valence-corrected chi connectivity index (χ1v) is 14.1. The molecule has 43 heavy (non-hydrogen) atoms. The fraction of sp³-hybridized carbons (Fsp3) is 0.259. The maximum atomic E-state index is 12.1. The second-order valence-corrected chi connectivity index (χ2v) is 10.8. The Labute approximate surface area is 264 Å². The van der Waals surface area contributed by atoms with E-state index >= 15 is 0 Å². The third kappa shape index (κ3) is 11.3. The Balaban J connectivity index is 0.000000242. The molecule has 6 N–H and O–H groups in total. The minimum absolute atomic E-state index is 0.0259. The van der Waals surface area contributed by atoms with Crippen molar-refractivity contribution in [3.63, 3.8) is 0 Å². The minimum atomic E-state index is -4.80. The van der Waals surface area contributed by atoms with Crippen LogP contribution < -0.4 is 26.0 Å². The van der Waals surface area contributed by atoms with Crippen LogP contribution in [0.2, 0.25) is 20.1 Å². The van der Waals surface area contributed by atoms with Gasteiger partial charge in [-0.05, 0) is 61.4 Å². The number of phenolic OH excluding ortho intramolecular Hbond substituents is 2. The Morgan fingerprint density at radius 3 is 1.72 bits per heavy atom. The molecular formula is C27H25Cl4F3N4O5. The van der Waals surface area contributed by atoms with Crippen LogP contribution in [-0.4, -0.2) is 34.7 Å². The van der Waals surface area contributed by atoms with Crippen LogP contribution in [0.4, 0.5) is 39.8 Å². The van der Waals surface area contributed by atoms with E-state index in [2.05, 4.69) is 26.0 Å². The number of phenols is 2. The van der Waals surface area contributed by atoms with Crippen molar-refractivity contribution in [2.24, 2.45) is 0 Å². The molecule has 0 aliphatic heterocycles. The van der Waals surface area contributed by atoms with Gasteiger partial charge in [-0.25, -0.2) is 9.59 Å². The summed E-state index contributed by atoms with van der Waals surface area (Å²) in [7, 11) is 0. The van der Waals surface area contributed by atoms with Gasteiger partial charge in [-0.3, -0.25) is 0 Å². The van der Waals surface area contributed by atoms with E-state index in [4.69, 9.17) is 46.4 Å². The number of hydrogen-bond acceptors (Lipinski definition) is 5. The topological polar surface area (TPSA) is 132 Å². The fourth-order valence-electron chi connectivity index (χ4n) is 3.94. The average Bonchev–Trinajstić information content (AvgIpc) is 2.91. The summed E-state index contributed by atoms with van der Waals surface area (Å²) in [6, 6.07) is 9.05. The number of anilines is 3. The highest BCUT2D eigenvalue weighted by Crippen LogP contribution is 2.36. The first-order chi connectivity index (χ1) is 20.2. The van der Waals surface area contributed by atoms with Gasteiger partial charge in [0, 0.05) is 21.8 Å². The van der Waals surface area contributed by atoms with Crippen LogP contribution in [0.25, 0.3) is 0 Å². The van der Waals surface area contributed by atoms with Crippen LogP contribution in [-0.2, 0) is 0 Å². The van der Waals surface area contributed by atoms with Gasteiger partial charge in [-0.15, -0.1) is 13.2 Å². The molecule has 0 unspecified atom stereocenters. The van der Waals surface area contributed by atoms with E-state index in [1.807, 2.05) is 0 Å². The summed E-state index contributed by atoms with van der Waals surface area (Å²) >= 11 is 23.1. The second-order valence-electron chi connectivity index (χ2n) is 9.15. The lowest BCUT2D eigenvalue weighted by Crippen LogP contribution is -2.39. The summed E-state index contributed by atoms with van der Waals surface area (Å²) in [6.07, 6.45) is 0.698. The van der Waals surface area contributed by atoms with Gasteiger partial charge in [-0.2, -0.15) is 0 Å². The highest BCUT2D eigenvalue weighted by atomic mass is 35.5. The van der Waals surface area contributed by atoms with E-state index in [0.29, 0.717) is 5.02 Å². The number of rotatable bonds is 5. The first-order valence-electron chi connectivity index (χ1n) is 12.6. The molecule has 3 aromatic rings. The number of urea groups is 2. The molecule has 1 saturated carbocycles. The van der Waals surface area contributed by atoms with Crippen molar-refractivity contribution in [3.8, 4) is 17.2 Å². The molecule has 0 bridgehead atoms. The summed E-state index contributed by atoms with van der Waals surface area (Å²) in [5.41, 5.74) is 0.391. The van der Waals surface area contributed by atoms with Crippen LogP contribution in [0.5, 0.6) is 17.2 Å². The lowest BCUT2D eigenvalue weighted by molar-refractivity contribution is -0.274. The number of alkyl halides is 3. The molecule has 1 aliphatic rings. The van der Waals surface area contributed by atoms with E-state index in [0.717, 1.165) is 37.8 Å². The zero-order valence-electron chi connectivity index (χ0n) is 22.0. The van der Waals surface area contributed by atoms with E-state index < -0.39 is 18.1 Å². The van der Waals surface area contributed by atoms with Crippen LogP contribution in [0.3, 0.4) is 0 Å². The smallest absolute Gasteiger partial charge is 0.504 e. The van der Waals surface area contributed by atoms with Crippen molar-refractivity contribution in [1.29, 1.82) is 0 Å². The van der Waals surface area contributed by atoms with Crippen LogP contribution in [0, 0.1) is 0 Å². The van der Waals surface area contributed by atoms with E-state index in [-0.39, 0.29) is 55.7 Å². The van der Waals surface area contributed by atoms with E-state index in [1.165, 1.54) is 42.8 Å². The Hall–Kier alpha value is -3.45. The summed E-state index contributed by atoms with van der Waals surface area (Å²) in [4.78, 5) is 23.7. The number of hydrogen-bond donors (Lipinski definition) is 6. The monoisotopic (exact) mass is 682 g/mol. The van der Waals surface area contributed by atoms with Gasteiger partial charge in [0.2, 0.25) is 0 Å². The number of aromatic hydroxyl groups is 2. The summed E-state index contributed by atoms with van der Waals surface area (Å²) in [6.45, 7) is 0. The predicted octanol–water partition coefficient (Wildman–Crippen LogP) is 9.39. The maximum Gasteiger partial charge on any atom is 0.573 e. The second kappa shape index (κ2) is 15.3. The normalized spacial score (nSPS) is 13.3. The summed E-state index contributed by atoms with van der Waals surface area (Å²) < 4.78 is 39.9. The summed E-state index contributed by atoms with van der Waals surface area (Å²) in [5.74, 6) is -0.970. The lowest BCUT2D eigenvalue weighted by atomic mass is 9.96. The lowest BCUT2D eigenvalue weighted by Gasteiger charge is -2.23. The average molecular weight is 684 g/mol. The molecule has 1 aliphatic carbocycles. The molecule has 1 fully saturated rings. The molecule has 0 aromatic heterocycles. The Kier molecular flexibility index (Phi) is 12.1. The number of halogens is 7. The largest absolute Gasteiger partial charge is 0.573 e. The van der Waals surface area contributed by atoms with Crippen LogP contribution in [0.15, 0.2) is 48.5 Å². The Morgan fingerprint density at radius 2 is 1.23 bits per heavy atom. The number of amides is 4. The van der Waals surface area contributed by atoms with Gasteiger partial charge in [-0.1, -0.05) is 65.7 Å². The third-order valence-electron chi connectivity index (χ3n) is 5.84. The van der Waals surface area contributed by atoms with Crippen molar-refractivity contribution in [2.75, 3.05) is 16.0 Å². The molecule has 3 aromatic carbocycles. The predicted molar refractivity (Wildman–Crippen MR) is 161 cm³/mol. The Morgan fingerprint density at radius 1 is 0.744 bits per heavy atom. The zero-order chi connectivity index (χ0) is 31.7. The van der Waals surface area contributed by atoms with Gasteiger partial charge in [0.25, 0.3) is 0 Å². The van der Waals surface area contributed by atoms with Gasteiger partial charge in [0.05, 0.1) is 21.4 Å². The highest BCUT2D eigenvalue weighted by molar-refractivity contribution is 6.37. The standard InChI is InChI=1S/C14H9Cl2F3N2O3.C13H16Cl2N2O2/c15-7-5-10(16)12(22)11(6-7)21-13(23)20-8-1-3-9(4-2-8)24-14(17,18)19;14-8-6-10(15)12(18)11(7-8)17-13(19)16-9-4-2-1-3-5-9/h1-6,22H,(H2,20,21,23);6-7,9,18H,1-5H2,(H2,16,17,19). The Bertz CT molecular complexity index is 1440. The molecule has 9 nitrogen and oxygen atoms in total. The molecule has 4 amide bonds. The quantitative estimate of drug-likeness (QED) is 0.149. The molecule has 232 valence electrons. The minimum Gasteiger partial charge on any atom is -0.504 e. The summed E-state index contributed by atoms with van der Waals surface area (Å²) in [5, 5.41) is 30.2. The molecular weight excluding hydrogens is 659 g/mol. The number of carbonyl (C=O) groups is 2. The molecule has 0 atom stereocenters.